The molecule has 0 aromatic heterocycles. The van der Waals surface area contributed by atoms with Crippen molar-refractivity contribution in [2.75, 3.05) is 6.61 Å². The molecule has 1 unspecified atom stereocenters. The van der Waals surface area contributed by atoms with Crippen molar-refractivity contribution in [2.24, 2.45) is 0 Å². The largest absolute Gasteiger partial charge is 0.394 e. The molecule has 0 amide bonds. The molecule has 0 aliphatic carbocycles. The molecule has 3 aromatic rings. The average Bonchev–Trinajstić information content (AvgIpc) is 2.87. The summed E-state index contributed by atoms with van der Waals surface area (Å²) in [6.07, 6.45) is -4.09. The summed E-state index contributed by atoms with van der Waals surface area (Å²) < 4.78 is 24.3. The molecule has 6 nitrogen and oxygen atoms in total. The first-order valence-corrected chi connectivity index (χ1v) is 11.2. The van der Waals surface area contributed by atoms with Crippen molar-refractivity contribution in [3.8, 4) is 0 Å². The van der Waals surface area contributed by atoms with Crippen LogP contribution in [0, 0.1) is 0 Å². The van der Waals surface area contributed by atoms with Crippen molar-refractivity contribution in [3.63, 3.8) is 0 Å². The molecule has 5 atom stereocenters. The molecule has 1 fully saturated rings. The monoisotopic (exact) mass is 450 g/mol. The second-order valence-electron chi connectivity index (χ2n) is 8.03. The molecular weight excluding hydrogens is 420 g/mol. The van der Waals surface area contributed by atoms with Gasteiger partial charge in [-0.1, -0.05) is 91.0 Å². The summed E-state index contributed by atoms with van der Waals surface area (Å²) >= 11 is 0. The molecule has 33 heavy (non-hydrogen) atoms. The highest BCUT2D eigenvalue weighted by Crippen LogP contribution is 2.29. The fourth-order valence-corrected chi connectivity index (χ4v) is 3.91. The van der Waals surface area contributed by atoms with Gasteiger partial charge in [0, 0.05) is 0 Å². The van der Waals surface area contributed by atoms with Gasteiger partial charge < -0.3 is 29.2 Å². The standard InChI is InChI=1S/C27H30O6/c28-16-23-24(30-17-20-10-4-1-5-11-20)25(31-18-21-12-6-2-7-13-21)26(27(29)33-23)32-19-22-14-8-3-9-15-22/h1-15,23-29H,16-19H2/t23-,24+,25+,26-,27?/m1/s1. The Bertz CT molecular complexity index is 937. The van der Waals surface area contributed by atoms with Crippen LogP contribution >= 0.6 is 0 Å². The highest BCUT2D eigenvalue weighted by atomic mass is 16.7. The Morgan fingerprint density at radius 2 is 0.970 bits per heavy atom. The van der Waals surface area contributed by atoms with Crippen LogP contribution in [0.3, 0.4) is 0 Å². The lowest BCUT2D eigenvalue weighted by molar-refractivity contribution is -0.315. The van der Waals surface area contributed by atoms with Crippen LogP contribution in [0.4, 0.5) is 0 Å². The van der Waals surface area contributed by atoms with Crippen LogP contribution in [0.5, 0.6) is 0 Å². The molecule has 1 saturated heterocycles. The number of aliphatic hydroxyl groups excluding tert-OH is 2. The number of aliphatic hydroxyl groups is 2. The Balaban J connectivity index is 1.53. The van der Waals surface area contributed by atoms with Gasteiger partial charge in [-0.2, -0.15) is 0 Å². The van der Waals surface area contributed by atoms with E-state index in [4.69, 9.17) is 18.9 Å². The molecule has 0 radical (unpaired) electrons. The van der Waals surface area contributed by atoms with Crippen LogP contribution in [0.25, 0.3) is 0 Å². The number of hydrogen-bond acceptors (Lipinski definition) is 6. The molecule has 1 aliphatic heterocycles. The zero-order chi connectivity index (χ0) is 22.9. The third-order valence-electron chi connectivity index (χ3n) is 5.65. The van der Waals surface area contributed by atoms with Crippen molar-refractivity contribution in [3.05, 3.63) is 108 Å². The summed E-state index contributed by atoms with van der Waals surface area (Å²) in [6.45, 7) is 0.601. The predicted molar refractivity (Wildman–Crippen MR) is 123 cm³/mol. The van der Waals surface area contributed by atoms with Crippen molar-refractivity contribution in [1.29, 1.82) is 0 Å². The second-order valence-corrected chi connectivity index (χ2v) is 8.03. The number of benzene rings is 3. The van der Waals surface area contributed by atoms with Crippen molar-refractivity contribution in [2.45, 2.75) is 50.5 Å². The predicted octanol–water partition coefficient (Wildman–Crippen LogP) is 3.45. The van der Waals surface area contributed by atoms with Gasteiger partial charge >= 0.3 is 0 Å². The molecule has 1 aliphatic rings. The maximum atomic E-state index is 10.7. The van der Waals surface area contributed by atoms with E-state index in [0.717, 1.165) is 16.7 Å². The first kappa shape index (κ1) is 23.6. The van der Waals surface area contributed by atoms with Gasteiger partial charge in [-0.3, -0.25) is 0 Å². The zero-order valence-corrected chi connectivity index (χ0v) is 18.4. The maximum Gasteiger partial charge on any atom is 0.184 e. The average molecular weight is 451 g/mol. The lowest BCUT2D eigenvalue weighted by atomic mass is 9.98. The number of hydrogen-bond donors (Lipinski definition) is 2. The van der Waals surface area contributed by atoms with Crippen LogP contribution in [-0.2, 0) is 38.8 Å². The second kappa shape index (κ2) is 12.0. The lowest BCUT2D eigenvalue weighted by Crippen LogP contribution is -2.61. The van der Waals surface area contributed by atoms with Gasteiger partial charge in [-0.05, 0) is 16.7 Å². The summed E-state index contributed by atoms with van der Waals surface area (Å²) in [5.74, 6) is 0. The van der Waals surface area contributed by atoms with Crippen LogP contribution < -0.4 is 0 Å². The van der Waals surface area contributed by atoms with E-state index in [9.17, 15) is 10.2 Å². The molecule has 3 aromatic carbocycles. The van der Waals surface area contributed by atoms with Gasteiger partial charge in [0.15, 0.2) is 6.29 Å². The minimum Gasteiger partial charge on any atom is -0.394 e. The summed E-state index contributed by atoms with van der Waals surface area (Å²) in [5, 5.41) is 20.7. The molecule has 0 spiro atoms. The molecular formula is C27H30O6. The van der Waals surface area contributed by atoms with Crippen LogP contribution in [0.1, 0.15) is 16.7 Å². The normalized spacial score (nSPS) is 25.1. The minimum atomic E-state index is -1.26. The molecule has 0 saturated carbocycles. The van der Waals surface area contributed by atoms with E-state index >= 15 is 0 Å². The highest BCUT2D eigenvalue weighted by molar-refractivity contribution is 5.15. The van der Waals surface area contributed by atoms with Crippen molar-refractivity contribution in [1.82, 2.24) is 0 Å². The highest BCUT2D eigenvalue weighted by Gasteiger charge is 2.47. The van der Waals surface area contributed by atoms with Gasteiger partial charge in [0.05, 0.1) is 26.4 Å². The molecule has 4 rings (SSSR count). The summed E-state index contributed by atoms with van der Waals surface area (Å²) in [5.41, 5.74) is 2.95. The Hall–Kier alpha value is -2.58. The van der Waals surface area contributed by atoms with E-state index in [1.807, 2.05) is 91.0 Å². The topological polar surface area (TPSA) is 77.4 Å². The smallest absolute Gasteiger partial charge is 0.184 e. The Kier molecular flexibility index (Phi) is 8.60. The minimum absolute atomic E-state index is 0.284. The first-order valence-electron chi connectivity index (χ1n) is 11.2. The van der Waals surface area contributed by atoms with Crippen molar-refractivity contribution >= 4 is 0 Å². The first-order chi connectivity index (χ1) is 16.2. The lowest BCUT2D eigenvalue weighted by Gasteiger charge is -2.44. The van der Waals surface area contributed by atoms with E-state index in [2.05, 4.69) is 0 Å². The van der Waals surface area contributed by atoms with E-state index in [1.165, 1.54) is 0 Å². The van der Waals surface area contributed by atoms with E-state index in [-0.39, 0.29) is 13.2 Å². The van der Waals surface area contributed by atoms with Gasteiger partial charge in [-0.15, -0.1) is 0 Å². The van der Waals surface area contributed by atoms with Gasteiger partial charge in [0.25, 0.3) is 0 Å². The fraction of sp³-hybridized carbons (Fsp3) is 0.333. The van der Waals surface area contributed by atoms with Crippen LogP contribution in [0.2, 0.25) is 0 Å². The Morgan fingerprint density at radius 1 is 0.576 bits per heavy atom. The zero-order valence-electron chi connectivity index (χ0n) is 18.4. The van der Waals surface area contributed by atoms with E-state index in [1.54, 1.807) is 0 Å². The van der Waals surface area contributed by atoms with Gasteiger partial charge in [0.1, 0.15) is 24.4 Å². The Morgan fingerprint density at radius 3 is 1.39 bits per heavy atom. The van der Waals surface area contributed by atoms with Gasteiger partial charge in [-0.25, -0.2) is 0 Å². The van der Waals surface area contributed by atoms with Crippen LogP contribution in [-0.4, -0.2) is 47.5 Å². The molecule has 0 bridgehead atoms. The molecule has 6 heteroatoms. The Labute approximate surface area is 194 Å². The molecule has 174 valence electrons. The SMILES string of the molecule is OC[C@H]1OC(O)[C@H](OCc2ccccc2)[C@@H](OCc2ccccc2)[C@H]1OCc1ccccc1. The number of ether oxygens (including phenoxy) is 4. The van der Waals surface area contributed by atoms with Crippen LogP contribution in [0.15, 0.2) is 91.0 Å². The third kappa shape index (κ3) is 6.48. The van der Waals surface area contributed by atoms with Gasteiger partial charge in [0.2, 0.25) is 0 Å². The summed E-state index contributed by atoms with van der Waals surface area (Å²) in [4.78, 5) is 0. The summed E-state index contributed by atoms with van der Waals surface area (Å²) in [6, 6.07) is 29.3. The maximum absolute atomic E-state index is 10.7. The fourth-order valence-electron chi connectivity index (χ4n) is 3.91. The van der Waals surface area contributed by atoms with E-state index < -0.39 is 30.7 Å². The van der Waals surface area contributed by atoms with Crippen molar-refractivity contribution < 1.29 is 29.2 Å². The summed E-state index contributed by atoms with van der Waals surface area (Å²) in [7, 11) is 0. The number of rotatable bonds is 10. The van der Waals surface area contributed by atoms with E-state index in [0.29, 0.717) is 13.2 Å². The third-order valence-corrected chi connectivity index (χ3v) is 5.65. The molecule has 1 heterocycles. The quantitative estimate of drug-likeness (QED) is 0.493. The molecule has 2 N–H and O–H groups in total.